The molecule has 0 aliphatic heterocycles. The molecule has 0 fully saturated rings. The van der Waals surface area contributed by atoms with E-state index in [0.29, 0.717) is 0 Å². The van der Waals surface area contributed by atoms with Crippen molar-refractivity contribution in [3.63, 3.8) is 0 Å². The van der Waals surface area contributed by atoms with Gasteiger partial charge < -0.3 is 33.2 Å². The lowest BCUT2D eigenvalue weighted by molar-refractivity contribution is -0.169. The molecule has 0 rings (SSSR count). The van der Waals surface area contributed by atoms with Crippen molar-refractivity contribution in [3.8, 4) is 0 Å². The minimum atomic E-state index is -1.34. The van der Waals surface area contributed by atoms with E-state index < -0.39 is 43.1 Å². The lowest BCUT2D eigenvalue weighted by Crippen LogP contribution is -2.27. The highest BCUT2D eigenvalue weighted by atomic mass is 16.8. The van der Waals surface area contributed by atoms with Gasteiger partial charge in [-0.05, 0) is 13.8 Å². The van der Waals surface area contributed by atoms with Crippen molar-refractivity contribution in [2.24, 2.45) is 0 Å². The molecule has 0 spiro atoms. The number of hydrogen-bond acceptors (Lipinski definition) is 11. The summed E-state index contributed by atoms with van der Waals surface area (Å²) < 4.78 is 33.6. The quantitative estimate of drug-likeness (QED) is 0.144. The molecule has 0 aliphatic carbocycles. The first-order chi connectivity index (χ1) is 14.3. The summed E-state index contributed by atoms with van der Waals surface area (Å²) in [5.41, 5.74) is 0.228. The molecule has 3 atom stereocenters. The highest BCUT2D eigenvalue weighted by Gasteiger charge is 2.23. The van der Waals surface area contributed by atoms with Crippen LogP contribution in [0, 0.1) is 0 Å². The van der Waals surface area contributed by atoms with Gasteiger partial charge in [0.1, 0.15) is 5.76 Å². The number of ether oxygens (including phenoxy) is 7. The van der Waals surface area contributed by atoms with Gasteiger partial charge in [0.25, 0.3) is 6.29 Å². The topological polar surface area (TPSA) is 133 Å². The van der Waals surface area contributed by atoms with E-state index in [-0.39, 0.29) is 23.3 Å². The van der Waals surface area contributed by atoms with Gasteiger partial charge in [0.2, 0.25) is 12.6 Å². The van der Waals surface area contributed by atoms with E-state index in [0.717, 1.165) is 6.26 Å². The Kier molecular flexibility index (Phi) is 11.8. The van der Waals surface area contributed by atoms with Crippen LogP contribution in [0.1, 0.15) is 34.1 Å². The second-order valence-corrected chi connectivity index (χ2v) is 5.94. The van der Waals surface area contributed by atoms with Crippen LogP contribution >= 0.6 is 0 Å². The lowest BCUT2D eigenvalue weighted by atomic mass is 10.3. The molecular weight excluding hydrogens is 416 g/mol. The van der Waals surface area contributed by atoms with E-state index in [4.69, 9.17) is 33.2 Å². The molecule has 0 aromatic carbocycles. The maximum atomic E-state index is 11.8. The summed E-state index contributed by atoms with van der Waals surface area (Å²) in [5, 5.41) is 0. The average Bonchev–Trinajstić information content (AvgIpc) is 2.60. The lowest BCUT2D eigenvalue weighted by Gasteiger charge is -2.20. The third-order valence-electron chi connectivity index (χ3n) is 2.86. The van der Waals surface area contributed by atoms with Gasteiger partial charge in [-0.3, -0.25) is 0 Å². The Morgan fingerprint density at radius 3 is 1.65 bits per heavy atom. The van der Waals surface area contributed by atoms with E-state index in [9.17, 15) is 19.2 Å². The number of carbonyl (C=O) groups is 4. The Morgan fingerprint density at radius 1 is 0.774 bits per heavy atom. The molecule has 0 aromatic rings. The molecule has 3 unspecified atom stereocenters. The van der Waals surface area contributed by atoms with Gasteiger partial charge in [-0.15, -0.1) is 0 Å². The first-order valence-corrected chi connectivity index (χ1v) is 8.78. The van der Waals surface area contributed by atoms with Crippen molar-refractivity contribution in [1.82, 2.24) is 0 Å². The zero-order valence-electron chi connectivity index (χ0n) is 17.8. The van der Waals surface area contributed by atoms with Gasteiger partial charge in [0, 0.05) is 25.0 Å². The van der Waals surface area contributed by atoms with Crippen LogP contribution in [-0.4, -0.2) is 43.1 Å². The molecular formula is C20H26O11. The van der Waals surface area contributed by atoms with Crippen LogP contribution in [0.5, 0.6) is 0 Å². The predicted molar refractivity (Wildman–Crippen MR) is 105 cm³/mol. The van der Waals surface area contributed by atoms with E-state index in [1.165, 1.54) is 27.7 Å². The van der Waals surface area contributed by atoms with Gasteiger partial charge in [-0.2, -0.15) is 0 Å². The van der Waals surface area contributed by atoms with Crippen molar-refractivity contribution in [2.45, 2.75) is 53.0 Å². The van der Waals surface area contributed by atoms with Crippen LogP contribution in [0.2, 0.25) is 0 Å². The average molecular weight is 442 g/mol. The molecule has 0 saturated carbocycles. The second kappa shape index (κ2) is 13.5. The molecule has 0 aromatic heterocycles. The SMILES string of the molecule is C=COC(CC(=C)OC(=O)OC(C)OC(=O)C(=C)C)OC(=O)OC(C)OC(=O)C(=C)C. The van der Waals surface area contributed by atoms with Crippen molar-refractivity contribution >= 4 is 24.2 Å². The summed E-state index contributed by atoms with van der Waals surface area (Å²) in [7, 11) is 0. The Bertz CT molecular complexity index is 737. The minimum absolute atomic E-state index is 0.112. The number of rotatable bonds is 12. The van der Waals surface area contributed by atoms with Gasteiger partial charge in [0.05, 0.1) is 12.7 Å². The zero-order chi connectivity index (χ0) is 24.1. The van der Waals surface area contributed by atoms with Crippen LogP contribution in [0.15, 0.2) is 49.5 Å². The monoisotopic (exact) mass is 442 g/mol. The van der Waals surface area contributed by atoms with E-state index in [1.807, 2.05) is 0 Å². The Balaban J connectivity index is 4.60. The van der Waals surface area contributed by atoms with E-state index in [1.54, 1.807) is 0 Å². The van der Waals surface area contributed by atoms with Crippen LogP contribution in [-0.2, 0) is 42.7 Å². The molecule has 0 amide bonds. The second-order valence-electron chi connectivity index (χ2n) is 5.94. The molecule has 31 heavy (non-hydrogen) atoms. The Labute approximate surface area is 179 Å². The third kappa shape index (κ3) is 12.4. The molecule has 172 valence electrons. The summed E-state index contributed by atoms with van der Waals surface area (Å²) in [6.07, 6.45) is -5.69. The first kappa shape index (κ1) is 27.2. The first-order valence-electron chi connectivity index (χ1n) is 8.78. The normalized spacial score (nSPS) is 12.6. The summed E-state index contributed by atoms with van der Waals surface area (Å²) >= 11 is 0. The van der Waals surface area contributed by atoms with Crippen LogP contribution in [0.25, 0.3) is 0 Å². The van der Waals surface area contributed by atoms with Crippen molar-refractivity contribution in [1.29, 1.82) is 0 Å². The molecule has 11 heteroatoms. The maximum Gasteiger partial charge on any atom is 0.516 e. The molecule has 0 saturated heterocycles. The smallest absolute Gasteiger partial charge is 0.462 e. The molecule has 11 nitrogen and oxygen atoms in total. The van der Waals surface area contributed by atoms with Crippen LogP contribution in [0.4, 0.5) is 9.59 Å². The molecule has 0 radical (unpaired) electrons. The van der Waals surface area contributed by atoms with Crippen LogP contribution < -0.4 is 0 Å². The van der Waals surface area contributed by atoms with Crippen molar-refractivity contribution in [3.05, 3.63) is 49.5 Å². The molecule has 0 aliphatic rings. The number of carbonyl (C=O) groups excluding carboxylic acids is 4. The highest BCUT2D eigenvalue weighted by molar-refractivity contribution is 5.87. The Hall–Kier alpha value is -3.76. The largest absolute Gasteiger partial charge is 0.516 e. The van der Waals surface area contributed by atoms with Crippen molar-refractivity contribution in [2.75, 3.05) is 0 Å². The Morgan fingerprint density at radius 2 is 1.23 bits per heavy atom. The molecule has 0 heterocycles. The van der Waals surface area contributed by atoms with Gasteiger partial charge >= 0.3 is 24.2 Å². The molecule has 0 N–H and O–H groups in total. The fourth-order valence-corrected chi connectivity index (χ4v) is 1.55. The summed E-state index contributed by atoms with van der Waals surface area (Å²) in [4.78, 5) is 46.3. The summed E-state index contributed by atoms with van der Waals surface area (Å²) in [5.74, 6) is -1.74. The van der Waals surface area contributed by atoms with Gasteiger partial charge in [0.15, 0.2) is 0 Å². The summed E-state index contributed by atoms with van der Waals surface area (Å²) in [6, 6.07) is 0. The van der Waals surface area contributed by atoms with Gasteiger partial charge in [-0.1, -0.05) is 26.3 Å². The van der Waals surface area contributed by atoms with E-state index >= 15 is 0 Å². The fourth-order valence-electron chi connectivity index (χ4n) is 1.55. The minimum Gasteiger partial charge on any atom is -0.462 e. The fraction of sp³-hybridized carbons (Fsp3) is 0.400. The number of hydrogen-bond donors (Lipinski definition) is 0. The summed E-state index contributed by atoms with van der Waals surface area (Å²) in [6.45, 7) is 19.0. The van der Waals surface area contributed by atoms with E-state index in [2.05, 4.69) is 26.3 Å². The van der Waals surface area contributed by atoms with Gasteiger partial charge in [-0.25, -0.2) is 19.2 Å². The molecule has 0 bridgehead atoms. The maximum absolute atomic E-state index is 11.8. The van der Waals surface area contributed by atoms with Crippen molar-refractivity contribution < 1.29 is 52.3 Å². The standard InChI is InChI=1S/C20H26O11/c1-9-25-16(31-20(24)30-15(8)28-18(22)12(4)5)10-13(6)26-19(23)29-14(7)27-17(21)11(2)3/h9,14-16H,1-2,4,6,10H2,3,5,7-8H3. The zero-order valence-corrected chi connectivity index (χ0v) is 17.8. The highest BCUT2D eigenvalue weighted by Crippen LogP contribution is 2.14. The number of esters is 2. The predicted octanol–water partition coefficient (Wildman–Crippen LogP) is 3.61. The van der Waals surface area contributed by atoms with Crippen LogP contribution in [0.3, 0.4) is 0 Å². The third-order valence-corrected chi connectivity index (χ3v) is 2.86.